The zero-order valence-corrected chi connectivity index (χ0v) is 17.6. The second-order valence-corrected chi connectivity index (χ2v) is 7.91. The van der Waals surface area contributed by atoms with Gasteiger partial charge < -0.3 is 4.42 Å². The van der Waals surface area contributed by atoms with Crippen LogP contribution in [0.4, 0.5) is 0 Å². The van der Waals surface area contributed by atoms with Crippen molar-refractivity contribution in [2.24, 2.45) is 0 Å². The van der Waals surface area contributed by atoms with Gasteiger partial charge in [0.1, 0.15) is 11.2 Å². The maximum absolute atomic E-state index is 6.24. The van der Waals surface area contributed by atoms with Crippen LogP contribution >= 0.6 is 0 Å². The van der Waals surface area contributed by atoms with Gasteiger partial charge in [0.15, 0.2) is 5.82 Å². The Morgan fingerprint density at radius 3 is 2.16 bits per heavy atom. The third kappa shape index (κ3) is 3.07. The topological polar surface area (TPSA) is 38.9 Å². The summed E-state index contributed by atoms with van der Waals surface area (Å²) in [6, 6.07) is 35.1. The number of aromatic nitrogens is 2. The Kier molecular flexibility index (Phi) is 4.32. The molecule has 0 aliphatic heterocycles. The summed E-state index contributed by atoms with van der Waals surface area (Å²) in [7, 11) is 0. The predicted molar refractivity (Wildman–Crippen MR) is 130 cm³/mol. The van der Waals surface area contributed by atoms with Gasteiger partial charge in [0.2, 0.25) is 0 Å². The summed E-state index contributed by atoms with van der Waals surface area (Å²) in [5.74, 6) is 0.674. The number of para-hydroxylation sites is 2. The standard InChI is InChI=1S/C29H20N2O/c1-19-18-26(22-13-6-5-12-21(22)20-10-3-2-4-11-20)31-29(30-19)25-16-9-15-24-23-14-7-8-17-27(23)32-28(24)25/h2-18H,1H3. The van der Waals surface area contributed by atoms with E-state index in [0.29, 0.717) is 5.82 Å². The second-order valence-electron chi connectivity index (χ2n) is 7.91. The number of rotatable bonds is 3. The number of nitrogens with zero attached hydrogens (tertiary/aromatic N) is 2. The van der Waals surface area contributed by atoms with Crippen molar-refractivity contribution in [3.8, 4) is 33.8 Å². The van der Waals surface area contributed by atoms with Gasteiger partial charge in [-0.25, -0.2) is 9.97 Å². The first-order valence-electron chi connectivity index (χ1n) is 10.7. The Morgan fingerprint density at radius 1 is 0.594 bits per heavy atom. The lowest BCUT2D eigenvalue weighted by Gasteiger charge is -2.11. The lowest BCUT2D eigenvalue weighted by molar-refractivity contribution is 0.669. The average Bonchev–Trinajstić information content (AvgIpc) is 3.23. The van der Waals surface area contributed by atoms with Crippen molar-refractivity contribution in [3.05, 3.63) is 109 Å². The van der Waals surface area contributed by atoms with Gasteiger partial charge in [-0.1, -0.05) is 84.9 Å². The molecule has 0 bridgehead atoms. The third-order valence-electron chi connectivity index (χ3n) is 5.79. The molecule has 0 fully saturated rings. The first-order valence-corrected chi connectivity index (χ1v) is 10.7. The summed E-state index contributed by atoms with van der Waals surface area (Å²) >= 11 is 0. The van der Waals surface area contributed by atoms with E-state index in [9.17, 15) is 0 Å². The van der Waals surface area contributed by atoms with Crippen molar-refractivity contribution in [2.75, 3.05) is 0 Å². The molecular formula is C29H20N2O. The highest BCUT2D eigenvalue weighted by Gasteiger charge is 2.16. The molecule has 0 saturated carbocycles. The minimum atomic E-state index is 0.674. The lowest BCUT2D eigenvalue weighted by Crippen LogP contribution is -1.96. The highest BCUT2D eigenvalue weighted by Crippen LogP contribution is 2.36. The monoisotopic (exact) mass is 412 g/mol. The number of aryl methyl sites for hydroxylation is 1. The van der Waals surface area contributed by atoms with Crippen molar-refractivity contribution < 1.29 is 4.42 Å². The van der Waals surface area contributed by atoms with Crippen LogP contribution in [0.25, 0.3) is 55.7 Å². The summed E-state index contributed by atoms with van der Waals surface area (Å²) in [5.41, 5.74) is 7.82. The van der Waals surface area contributed by atoms with E-state index in [2.05, 4.69) is 60.7 Å². The van der Waals surface area contributed by atoms with Crippen LogP contribution in [-0.2, 0) is 0 Å². The maximum atomic E-state index is 6.24. The summed E-state index contributed by atoms with van der Waals surface area (Å²) in [4.78, 5) is 9.79. The fourth-order valence-corrected chi connectivity index (χ4v) is 4.33. The maximum Gasteiger partial charge on any atom is 0.163 e. The first kappa shape index (κ1) is 18.5. The quantitative estimate of drug-likeness (QED) is 0.299. The van der Waals surface area contributed by atoms with Crippen LogP contribution in [0.15, 0.2) is 108 Å². The van der Waals surface area contributed by atoms with E-state index in [0.717, 1.165) is 50.0 Å². The molecule has 3 nitrogen and oxygen atoms in total. The van der Waals surface area contributed by atoms with Gasteiger partial charge >= 0.3 is 0 Å². The molecule has 0 atom stereocenters. The van der Waals surface area contributed by atoms with Gasteiger partial charge in [-0.15, -0.1) is 0 Å². The van der Waals surface area contributed by atoms with Crippen LogP contribution in [-0.4, -0.2) is 9.97 Å². The van der Waals surface area contributed by atoms with E-state index < -0.39 is 0 Å². The van der Waals surface area contributed by atoms with Crippen LogP contribution in [0, 0.1) is 6.92 Å². The first-order chi connectivity index (χ1) is 15.8. The number of hydrogen-bond acceptors (Lipinski definition) is 3. The van der Waals surface area contributed by atoms with E-state index >= 15 is 0 Å². The zero-order chi connectivity index (χ0) is 21.5. The number of fused-ring (bicyclic) bond motifs is 3. The summed E-state index contributed by atoms with van der Waals surface area (Å²) < 4.78 is 6.24. The summed E-state index contributed by atoms with van der Waals surface area (Å²) in [5, 5.41) is 2.18. The Balaban J connectivity index is 1.57. The normalized spacial score (nSPS) is 11.3. The molecule has 0 unspecified atom stereocenters. The van der Waals surface area contributed by atoms with Crippen molar-refractivity contribution in [1.82, 2.24) is 9.97 Å². The molecule has 32 heavy (non-hydrogen) atoms. The lowest BCUT2D eigenvalue weighted by atomic mass is 9.97. The van der Waals surface area contributed by atoms with Crippen molar-refractivity contribution in [3.63, 3.8) is 0 Å². The molecule has 6 rings (SSSR count). The SMILES string of the molecule is Cc1cc(-c2ccccc2-c2ccccc2)nc(-c2cccc3c2oc2ccccc23)n1. The van der Waals surface area contributed by atoms with Crippen molar-refractivity contribution in [2.45, 2.75) is 6.92 Å². The fraction of sp³-hybridized carbons (Fsp3) is 0.0345. The van der Waals surface area contributed by atoms with Crippen LogP contribution in [0.5, 0.6) is 0 Å². The van der Waals surface area contributed by atoms with Crippen LogP contribution in [0.3, 0.4) is 0 Å². The molecule has 6 aromatic rings. The molecule has 0 spiro atoms. The molecule has 4 aromatic carbocycles. The largest absolute Gasteiger partial charge is 0.455 e. The Hall–Kier alpha value is -4.24. The molecule has 3 heteroatoms. The highest BCUT2D eigenvalue weighted by atomic mass is 16.3. The van der Waals surface area contributed by atoms with Gasteiger partial charge in [0, 0.05) is 22.0 Å². The average molecular weight is 412 g/mol. The number of furan rings is 1. The summed E-state index contributed by atoms with van der Waals surface area (Å²) in [6.07, 6.45) is 0. The van der Waals surface area contributed by atoms with Gasteiger partial charge in [-0.2, -0.15) is 0 Å². The molecule has 0 saturated heterocycles. The highest BCUT2D eigenvalue weighted by molar-refractivity contribution is 6.09. The summed E-state index contributed by atoms with van der Waals surface area (Å²) in [6.45, 7) is 2.01. The van der Waals surface area contributed by atoms with E-state index in [1.54, 1.807) is 0 Å². The fourth-order valence-electron chi connectivity index (χ4n) is 4.33. The van der Waals surface area contributed by atoms with E-state index in [1.165, 1.54) is 5.56 Å². The zero-order valence-electron chi connectivity index (χ0n) is 17.6. The number of hydrogen-bond donors (Lipinski definition) is 0. The van der Waals surface area contributed by atoms with Crippen LogP contribution < -0.4 is 0 Å². The number of benzene rings is 4. The molecular weight excluding hydrogens is 392 g/mol. The molecule has 0 aliphatic carbocycles. The van der Waals surface area contributed by atoms with Gasteiger partial charge in [0.25, 0.3) is 0 Å². The molecule has 0 radical (unpaired) electrons. The Morgan fingerprint density at radius 2 is 1.28 bits per heavy atom. The minimum Gasteiger partial charge on any atom is -0.455 e. The third-order valence-corrected chi connectivity index (χ3v) is 5.79. The molecule has 2 heterocycles. The smallest absolute Gasteiger partial charge is 0.163 e. The minimum absolute atomic E-state index is 0.674. The van der Waals surface area contributed by atoms with Crippen LogP contribution in [0.2, 0.25) is 0 Å². The van der Waals surface area contributed by atoms with Crippen LogP contribution in [0.1, 0.15) is 5.69 Å². The van der Waals surface area contributed by atoms with E-state index in [-0.39, 0.29) is 0 Å². The van der Waals surface area contributed by atoms with E-state index in [1.807, 2.05) is 49.4 Å². The second kappa shape index (κ2) is 7.47. The molecule has 2 aromatic heterocycles. The van der Waals surface area contributed by atoms with Crippen molar-refractivity contribution in [1.29, 1.82) is 0 Å². The Bertz CT molecular complexity index is 1580. The Labute approximate surface area is 186 Å². The van der Waals surface area contributed by atoms with Gasteiger partial charge in [-0.05, 0) is 36.2 Å². The van der Waals surface area contributed by atoms with Gasteiger partial charge in [-0.3, -0.25) is 0 Å². The van der Waals surface area contributed by atoms with Gasteiger partial charge in [0.05, 0.1) is 11.3 Å². The van der Waals surface area contributed by atoms with Crippen molar-refractivity contribution >= 4 is 21.9 Å². The molecule has 0 aliphatic rings. The van der Waals surface area contributed by atoms with E-state index in [4.69, 9.17) is 14.4 Å². The molecule has 152 valence electrons. The molecule has 0 N–H and O–H groups in total. The predicted octanol–water partition coefficient (Wildman–Crippen LogP) is 7.69. The molecule has 0 amide bonds.